The zero-order chi connectivity index (χ0) is 22.3. The number of aromatic amines is 1. The molecule has 168 valence electrons. The molecular formula is C23H27N5O4. The first-order valence-corrected chi connectivity index (χ1v) is 10.7. The highest BCUT2D eigenvalue weighted by Crippen LogP contribution is 2.30. The number of H-pyrrole nitrogens is 1. The molecule has 9 heteroatoms. The molecule has 1 fully saturated rings. The Hall–Kier alpha value is -3.46. The van der Waals surface area contributed by atoms with Gasteiger partial charge >= 0.3 is 5.97 Å². The SMILES string of the molecule is CCOc1cc(CN2CCC(Cc3nccnc3-c3ncc[nH]3)C2)ccc1OCC(=O)O. The summed E-state index contributed by atoms with van der Waals surface area (Å²) in [6.45, 7) is 4.74. The minimum atomic E-state index is -1.02. The number of imidazole rings is 1. The molecule has 1 aliphatic heterocycles. The molecule has 9 nitrogen and oxygen atoms in total. The fourth-order valence-electron chi connectivity index (χ4n) is 4.04. The van der Waals surface area contributed by atoms with Crippen LogP contribution in [0.2, 0.25) is 0 Å². The van der Waals surface area contributed by atoms with Gasteiger partial charge in [0.05, 0.1) is 12.3 Å². The molecule has 2 N–H and O–H groups in total. The summed E-state index contributed by atoms with van der Waals surface area (Å²) >= 11 is 0. The first-order valence-electron chi connectivity index (χ1n) is 10.7. The molecule has 1 saturated heterocycles. The molecule has 0 saturated carbocycles. The quantitative estimate of drug-likeness (QED) is 0.498. The zero-order valence-corrected chi connectivity index (χ0v) is 18.0. The van der Waals surface area contributed by atoms with Crippen molar-refractivity contribution in [2.24, 2.45) is 5.92 Å². The summed E-state index contributed by atoms with van der Waals surface area (Å²) in [5.74, 6) is 1.24. The number of rotatable bonds is 10. The van der Waals surface area contributed by atoms with Gasteiger partial charge in [-0.15, -0.1) is 0 Å². The molecule has 0 radical (unpaired) electrons. The fraction of sp³-hybridized carbons (Fsp3) is 0.391. The van der Waals surface area contributed by atoms with Crippen molar-refractivity contribution in [3.8, 4) is 23.0 Å². The maximum Gasteiger partial charge on any atom is 0.341 e. The van der Waals surface area contributed by atoms with E-state index in [1.807, 2.05) is 19.1 Å². The number of aliphatic carboxylic acids is 1. The number of benzene rings is 1. The molecule has 3 heterocycles. The molecule has 1 aromatic carbocycles. The van der Waals surface area contributed by atoms with Crippen LogP contribution in [0.1, 0.15) is 24.6 Å². The van der Waals surface area contributed by atoms with Crippen molar-refractivity contribution in [3.63, 3.8) is 0 Å². The summed E-state index contributed by atoms with van der Waals surface area (Å²) in [5.41, 5.74) is 2.88. The number of hydrogen-bond donors (Lipinski definition) is 2. The second-order valence-electron chi connectivity index (χ2n) is 7.78. The van der Waals surface area contributed by atoms with Gasteiger partial charge in [-0.25, -0.2) is 14.8 Å². The Bertz CT molecular complexity index is 1040. The number of carboxylic acids is 1. The fourth-order valence-corrected chi connectivity index (χ4v) is 4.04. The van der Waals surface area contributed by atoms with Crippen LogP contribution in [-0.2, 0) is 17.8 Å². The normalized spacial score (nSPS) is 16.2. The summed E-state index contributed by atoms with van der Waals surface area (Å²) in [6, 6.07) is 5.68. The molecule has 0 bridgehead atoms. The highest BCUT2D eigenvalue weighted by molar-refractivity contribution is 5.68. The van der Waals surface area contributed by atoms with Gasteiger partial charge in [0.25, 0.3) is 0 Å². The maximum absolute atomic E-state index is 10.8. The molecule has 32 heavy (non-hydrogen) atoms. The third kappa shape index (κ3) is 5.42. The molecule has 1 unspecified atom stereocenters. The van der Waals surface area contributed by atoms with E-state index in [-0.39, 0.29) is 0 Å². The minimum Gasteiger partial charge on any atom is -0.490 e. The van der Waals surface area contributed by atoms with Gasteiger partial charge in [0.1, 0.15) is 5.69 Å². The van der Waals surface area contributed by atoms with Gasteiger partial charge < -0.3 is 19.6 Å². The van der Waals surface area contributed by atoms with E-state index < -0.39 is 12.6 Å². The van der Waals surface area contributed by atoms with Crippen molar-refractivity contribution in [1.29, 1.82) is 0 Å². The number of likely N-dealkylation sites (tertiary alicyclic amines) is 1. The molecule has 2 aromatic heterocycles. The Balaban J connectivity index is 1.38. The van der Waals surface area contributed by atoms with Crippen LogP contribution in [0.25, 0.3) is 11.5 Å². The predicted octanol–water partition coefficient (Wildman–Crippen LogP) is 2.79. The van der Waals surface area contributed by atoms with Gasteiger partial charge in [0, 0.05) is 37.9 Å². The summed E-state index contributed by atoms with van der Waals surface area (Å²) in [7, 11) is 0. The van der Waals surface area contributed by atoms with Crippen LogP contribution in [0.15, 0.2) is 43.0 Å². The van der Waals surface area contributed by atoms with E-state index >= 15 is 0 Å². The molecule has 4 rings (SSSR count). The van der Waals surface area contributed by atoms with Crippen LogP contribution in [0.5, 0.6) is 11.5 Å². The lowest BCUT2D eigenvalue weighted by Crippen LogP contribution is -2.21. The van der Waals surface area contributed by atoms with Crippen LogP contribution >= 0.6 is 0 Å². The number of nitrogens with zero attached hydrogens (tertiary/aromatic N) is 4. The van der Waals surface area contributed by atoms with E-state index in [2.05, 4.69) is 24.8 Å². The number of carbonyl (C=O) groups is 1. The van der Waals surface area contributed by atoms with Crippen molar-refractivity contribution < 1.29 is 19.4 Å². The second-order valence-corrected chi connectivity index (χ2v) is 7.78. The van der Waals surface area contributed by atoms with Gasteiger partial charge in [-0.2, -0.15) is 0 Å². The van der Waals surface area contributed by atoms with Crippen molar-refractivity contribution in [1.82, 2.24) is 24.8 Å². The lowest BCUT2D eigenvalue weighted by atomic mass is 10.0. The van der Waals surface area contributed by atoms with Gasteiger partial charge in [0.2, 0.25) is 0 Å². The van der Waals surface area contributed by atoms with E-state index in [4.69, 9.17) is 14.6 Å². The van der Waals surface area contributed by atoms with E-state index in [1.54, 1.807) is 30.9 Å². The highest BCUT2D eigenvalue weighted by atomic mass is 16.5. The van der Waals surface area contributed by atoms with E-state index in [1.165, 1.54) is 0 Å². The smallest absolute Gasteiger partial charge is 0.341 e. The molecule has 0 spiro atoms. The largest absolute Gasteiger partial charge is 0.490 e. The van der Waals surface area contributed by atoms with Crippen LogP contribution in [0, 0.1) is 5.92 Å². The van der Waals surface area contributed by atoms with Gasteiger partial charge in [-0.05, 0) is 49.9 Å². The lowest BCUT2D eigenvalue weighted by Gasteiger charge is -2.18. The van der Waals surface area contributed by atoms with Crippen LogP contribution in [0.4, 0.5) is 0 Å². The summed E-state index contributed by atoms with van der Waals surface area (Å²) in [4.78, 5) is 29.7. The summed E-state index contributed by atoms with van der Waals surface area (Å²) < 4.78 is 11.0. The second kappa shape index (κ2) is 10.2. The number of hydrogen-bond acceptors (Lipinski definition) is 7. The summed E-state index contributed by atoms with van der Waals surface area (Å²) in [5, 5.41) is 8.86. The topological polar surface area (TPSA) is 113 Å². The Kier molecular flexibility index (Phi) is 6.96. The monoisotopic (exact) mass is 437 g/mol. The van der Waals surface area contributed by atoms with Crippen LogP contribution in [-0.4, -0.2) is 62.2 Å². The Morgan fingerprint density at radius 2 is 2.06 bits per heavy atom. The van der Waals surface area contributed by atoms with Crippen molar-refractivity contribution in [3.05, 3.63) is 54.2 Å². The number of aromatic nitrogens is 4. The van der Waals surface area contributed by atoms with Crippen molar-refractivity contribution in [2.45, 2.75) is 26.3 Å². The molecule has 0 aliphatic carbocycles. The zero-order valence-electron chi connectivity index (χ0n) is 18.0. The molecule has 3 aromatic rings. The number of nitrogens with one attached hydrogen (secondary N) is 1. The average Bonchev–Trinajstić information content (AvgIpc) is 3.46. The average molecular weight is 438 g/mol. The first kappa shape index (κ1) is 21.8. The highest BCUT2D eigenvalue weighted by Gasteiger charge is 2.25. The molecule has 1 atom stereocenters. The van der Waals surface area contributed by atoms with E-state index in [0.717, 1.165) is 55.3 Å². The van der Waals surface area contributed by atoms with Gasteiger partial charge in [-0.1, -0.05) is 6.07 Å². The molecule has 0 amide bonds. The molecular weight excluding hydrogens is 410 g/mol. The number of carboxylic acid groups (broad SMARTS) is 1. The number of ether oxygens (including phenoxy) is 2. The first-order chi connectivity index (χ1) is 15.6. The van der Waals surface area contributed by atoms with E-state index in [0.29, 0.717) is 24.0 Å². The van der Waals surface area contributed by atoms with Crippen molar-refractivity contribution >= 4 is 5.97 Å². The molecule has 1 aliphatic rings. The Labute approximate surface area is 186 Å². The van der Waals surface area contributed by atoms with Crippen LogP contribution in [0.3, 0.4) is 0 Å². The van der Waals surface area contributed by atoms with E-state index in [9.17, 15) is 4.79 Å². The maximum atomic E-state index is 10.8. The van der Waals surface area contributed by atoms with Crippen molar-refractivity contribution in [2.75, 3.05) is 26.3 Å². The Morgan fingerprint density at radius 3 is 2.84 bits per heavy atom. The van der Waals surface area contributed by atoms with Crippen LogP contribution < -0.4 is 9.47 Å². The third-order valence-corrected chi connectivity index (χ3v) is 5.41. The standard InChI is InChI=1S/C23H27N5O4/c1-2-31-20-12-16(3-4-19(20)32-15-21(29)30)13-28-10-5-17(14-28)11-18-22(25-7-6-24-18)23-26-8-9-27-23/h3-4,6-9,12,17H,2,5,10-11,13-15H2,1H3,(H,26,27)(H,29,30). The lowest BCUT2D eigenvalue weighted by molar-refractivity contribution is -0.139. The predicted molar refractivity (Wildman–Crippen MR) is 117 cm³/mol. The Morgan fingerprint density at radius 1 is 1.19 bits per heavy atom. The van der Waals surface area contributed by atoms with Gasteiger partial charge in [-0.3, -0.25) is 9.88 Å². The van der Waals surface area contributed by atoms with Gasteiger partial charge in [0.15, 0.2) is 23.9 Å². The summed E-state index contributed by atoms with van der Waals surface area (Å²) in [6.07, 6.45) is 8.89. The minimum absolute atomic E-state index is 0.393. The third-order valence-electron chi connectivity index (χ3n) is 5.41.